The highest BCUT2D eigenvalue weighted by molar-refractivity contribution is 5.50. The minimum atomic E-state index is -0.304. The maximum absolute atomic E-state index is 13.7. The fourth-order valence-corrected chi connectivity index (χ4v) is 2.71. The third kappa shape index (κ3) is 4.58. The van der Waals surface area contributed by atoms with Gasteiger partial charge in [-0.3, -0.25) is 4.90 Å². The van der Waals surface area contributed by atoms with Crippen molar-refractivity contribution in [1.82, 2.24) is 4.90 Å². The van der Waals surface area contributed by atoms with Crippen LogP contribution in [0.5, 0.6) is 5.75 Å². The molecule has 0 unspecified atom stereocenters. The van der Waals surface area contributed by atoms with Crippen LogP contribution < -0.4 is 9.64 Å². The molecule has 2 rings (SSSR count). The Morgan fingerprint density at radius 1 is 1.14 bits per heavy atom. The third-order valence-electron chi connectivity index (χ3n) is 4.01. The molecule has 0 amide bonds. The molecule has 0 aromatic heterocycles. The number of halogens is 1. The van der Waals surface area contributed by atoms with Crippen molar-refractivity contribution in [1.29, 1.82) is 0 Å². The molecule has 1 fully saturated rings. The van der Waals surface area contributed by atoms with Crippen LogP contribution in [0.15, 0.2) is 18.2 Å². The third-order valence-corrected chi connectivity index (χ3v) is 4.01. The Morgan fingerprint density at radius 2 is 1.90 bits per heavy atom. The van der Waals surface area contributed by atoms with Crippen LogP contribution in [0.1, 0.15) is 19.3 Å². The van der Waals surface area contributed by atoms with Crippen molar-refractivity contribution in [2.75, 3.05) is 51.3 Å². The molecule has 1 saturated heterocycles. The number of hydrogen-bond donors (Lipinski definition) is 1. The minimum absolute atomic E-state index is 0.289. The van der Waals surface area contributed by atoms with Crippen molar-refractivity contribution in [3.8, 4) is 5.75 Å². The molecule has 1 aromatic carbocycles. The highest BCUT2D eigenvalue weighted by atomic mass is 19.1. The van der Waals surface area contributed by atoms with Crippen LogP contribution in [-0.4, -0.2) is 56.4 Å². The molecule has 1 heterocycles. The van der Waals surface area contributed by atoms with Crippen molar-refractivity contribution in [2.24, 2.45) is 0 Å². The second-order valence-corrected chi connectivity index (χ2v) is 5.43. The summed E-state index contributed by atoms with van der Waals surface area (Å²) in [5.41, 5.74) is 0.924. The fraction of sp³-hybridized carbons (Fsp3) is 0.625. The van der Waals surface area contributed by atoms with E-state index in [1.807, 2.05) is 6.07 Å². The zero-order valence-electron chi connectivity index (χ0n) is 12.7. The summed E-state index contributed by atoms with van der Waals surface area (Å²) in [6.07, 6.45) is 3.11. The molecule has 1 N–H and O–H groups in total. The normalized spacial score (nSPS) is 16.2. The van der Waals surface area contributed by atoms with E-state index in [1.165, 1.54) is 7.11 Å². The van der Waals surface area contributed by atoms with Crippen LogP contribution in [0.3, 0.4) is 0 Å². The lowest BCUT2D eigenvalue weighted by atomic mass is 10.2. The molecule has 0 aliphatic carbocycles. The van der Waals surface area contributed by atoms with E-state index < -0.39 is 0 Å². The van der Waals surface area contributed by atoms with Crippen LogP contribution >= 0.6 is 0 Å². The van der Waals surface area contributed by atoms with Crippen LogP contribution in [0, 0.1) is 5.82 Å². The largest absolute Gasteiger partial charge is 0.494 e. The number of ether oxygens (including phenoxy) is 1. The summed E-state index contributed by atoms with van der Waals surface area (Å²) >= 11 is 0. The monoisotopic (exact) mass is 296 g/mol. The maximum Gasteiger partial charge on any atom is 0.167 e. The minimum Gasteiger partial charge on any atom is -0.494 e. The maximum atomic E-state index is 13.7. The van der Waals surface area contributed by atoms with Gasteiger partial charge in [-0.2, -0.15) is 0 Å². The molecular weight excluding hydrogens is 271 g/mol. The van der Waals surface area contributed by atoms with Gasteiger partial charge in [0, 0.05) is 44.5 Å². The molecule has 118 valence electrons. The Morgan fingerprint density at radius 3 is 2.52 bits per heavy atom. The van der Waals surface area contributed by atoms with Crippen molar-refractivity contribution in [3.63, 3.8) is 0 Å². The van der Waals surface area contributed by atoms with E-state index in [2.05, 4.69) is 9.80 Å². The van der Waals surface area contributed by atoms with Gasteiger partial charge in [-0.15, -0.1) is 0 Å². The number of methoxy groups -OCH3 is 1. The van der Waals surface area contributed by atoms with Crippen molar-refractivity contribution < 1.29 is 14.2 Å². The molecule has 1 aromatic rings. The number of anilines is 1. The van der Waals surface area contributed by atoms with Crippen LogP contribution in [0.25, 0.3) is 0 Å². The van der Waals surface area contributed by atoms with Gasteiger partial charge in [0.2, 0.25) is 0 Å². The summed E-state index contributed by atoms with van der Waals surface area (Å²) in [5.74, 6) is -0.0114. The molecule has 0 atom stereocenters. The van der Waals surface area contributed by atoms with E-state index in [1.54, 1.807) is 12.1 Å². The highest BCUT2D eigenvalue weighted by Crippen LogP contribution is 2.24. The van der Waals surface area contributed by atoms with Gasteiger partial charge in [0.1, 0.15) is 0 Å². The zero-order chi connectivity index (χ0) is 15.1. The quantitative estimate of drug-likeness (QED) is 0.782. The molecule has 21 heavy (non-hydrogen) atoms. The SMILES string of the molecule is COc1ccc(N2CCN(CCCCCO)CC2)cc1F. The summed E-state index contributed by atoms with van der Waals surface area (Å²) in [4.78, 5) is 4.65. The summed E-state index contributed by atoms with van der Waals surface area (Å²) in [6, 6.07) is 5.15. The number of piperazine rings is 1. The molecule has 0 radical (unpaired) electrons. The van der Waals surface area contributed by atoms with E-state index in [4.69, 9.17) is 9.84 Å². The molecule has 0 saturated carbocycles. The van der Waals surface area contributed by atoms with Crippen LogP contribution in [0.4, 0.5) is 10.1 Å². The first-order valence-electron chi connectivity index (χ1n) is 7.66. The second-order valence-electron chi connectivity index (χ2n) is 5.43. The van der Waals surface area contributed by atoms with Gasteiger partial charge in [-0.25, -0.2) is 4.39 Å². The Bertz CT molecular complexity index is 434. The number of benzene rings is 1. The Labute approximate surface area is 126 Å². The van der Waals surface area contributed by atoms with E-state index in [-0.39, 0.29) is 12.4 Å². The van der Waals surface area contributed by atoms with Gasteiger partial charge in [-0.05, 0) is 37.9 Å². The van der Waals surface area contributed by atoms with Crippen molar-refractivity contribution in [3.05, 3.63) is 24.0 Å². The first kappa shape index (κ1) is 16.0. The van der Waals surface area contributed by atoms with E-state index >= 15 is 0 Å². The number of nitrogens with zero attached hydrogens (tertiary/aromatic N) is 2. The molecule has 4 nitrogen and oxygen atoms in total. The molecular formula is C16H25FN2O2. The first-order chi connectivity index (χ1) is 10.2. The highest BCUT2D eigenvalue weighted by Gasteiger charge is 2.17. The van der Waals surface area contributed by atoms with E-state index in [0.717, 1.165) is 57.7 Å². The topological polar surface area (TPSA) is 35.9 Å². The number of hydrogen-bond acceptors (Lipinski definition) is 4. The predicted molar refractivity (Wildman–Crippen MR) is 82.5 cm³/mol. The van der Waals surface area contributed by atoms with E-state index in [0.29, 0.717) is 5.75 Å². The summed E-state index contributed by atoms with van der Waals surface area (Å²) in [7, 11) is 1.48. The van der Waals surface area contributed by atoms with Crippen molar-refractivity contribution >= 4 is 5.69 Å². The molecule has 1 aliphatic heterocycles. The molecule has 5 heteroatoms. The fourth-order valence-electron chi connectivity index (χ4n) is 2.71. The number of aliphatic hydroxyl groups excluding tert-OH is 1. The Balaban J connectivity index is 1.79. The first-order valence-corrected chi connectivity index (χ1v) is 7.66. The molecule has 1 aliphatic rings. The van der Waals surface area contributed by atoms with Crippen LogP contribution in [-0.2, 0) is 0 Å². The van der Waals surface area contributed by atoms with E-state index in [9.17, 15) is 4.39 Å². The van der Waals surface area contributed by atoms with Gasteiger partial charge in [0.25, 0.3) is 0 Å². The lowest BCUT2D eigenvalue weighted by molar-refractivity contribution is 0.242. The smallest absolute Gasteiger partial charge is 0.167 e. The number of rotatable bonds is 7. The van der Waals surface area contributed by atoms with Gasteiger partial charge in [0.05, 0.1) is 7.11 Å². The zero-order valence-corrected chi connectivity index (χ0v) is 12.7. The lowest BCUT2D eigenvalue weighted by Gasteiger charge is -2.36. The average Bonchev–Trinajstić information content (AvgIpc) is 2.52. The molecule has 0 spiro atoms. The van der Waals surface area contributed by atoms with Gasteiger partial charge in [-0.1, -0.05) is 0 Å². The van der Waals surface area contributed by atoms with Gasteiger partial charge in [0.15, 0.2) is 11.6 Å². The van der Waals surface area contributed by atoms with Crippen LogP contribution in [0.2, 0.25) is 0 Å². The van der Waals surface area contributed by atoms with Gasteiger partial charge >= 0.3 is 0 Å². The predicted octanol–water partition coefficient (Wildman–Crippen LogP) is 2.12. The lowest BCUT2D eigenvalue weighted by Crippen LogP contribution is -2.46. The number of aliphatic hydroxyl groups is 1. The summed E-state index contributed by atoms with van der Waals surface area (Å²) in [6.45, 7) is 5.23. The summed E-state index contributed by atoms with van der Waals surface area (Å²) in [5, 5.41) is 8.76. The second kappa shape index (κ2) is 8.20. The Hall–Kier alpha value is -1.33. The van der Waals surface area contributed by atoms with Crippen molar-refractivity contribution in [2.45, 2.75) is 19.3 Å². The summed E-state index contributed by atoms with van der Waals surface area (Å²) < 4.78 is 18.7. The number of unbranched alkanes of at least 4 members (excludes halogenated alkanes) is 2. The molecule has 0 bridgehead atoms. The average molecular weight is 296 g/mol. The van der Waals surface area contributed by atoms with Gasteiger partial charge < -0.3 is 14.7 Å². The standard InChI is InChI=1S/C16H25FN2O2/c1-21-16-6-5-14(13-15(16)17)19-10-8-18(9-11-19)7-3-2-4-12-20/h5-6,13,20H,2-4,7-12H2,1H3. The Kier molecular flexibility index (Phi) is 6.26.